The van der Waals surface area contributed by atoms with Crippen molar-refractivity contribution in [3.05, 3.63) is 98.7 Å². The van der Waals surface area contributed by atoms with Crippen LogP contribution in [0.3, 0.4) is 0 Å². The van der Waals surface area contributed by atoms with E-state index in [4.69, 9.17) is 0 Å². The van der Waals surface area contributed by atoms with Crippen molar-refractivity contribution in [2.75, 3.05) is 5.75 Å². The van der Waals surface area contributed by atoms with Crippen LogP contribution in [0.4, 0.5) is 0 Å². The first-order valence-electron chi connectivity index (χ1n) is 9.33. The molecule has 0 spiro atoms. The molecule has 0 atom stereocenters. The molecule has 4 rings (SSSR count). The molecule has 0 unspecified atom stereocenters. The summed E-state index contributed by atoms with van der Waals surface area (Å²) in [6.07, 6.45) is 13.5. The monoisotopic (exact) mass is 451 g/mol. The van der Waals surface area contributed by atoms with Crippen LogP contribution in [0, 0.1) is 6.92 Å². The number of nitrogens with zero attached hydrogens (tertiary/aromatic N) is 1. The van der Waals surface area contributed by atoms with E-state index in [0.29, 0.717) is 0 Å². The second-order valence-corrected chi connectivity index (χ2v) is 11.0. The lowest BCUT2D eigenvalue weighted by Gasteiger charge is -2.15. The Balaban J connectivity index is 1.34. The molecule has 0 bridgehead atoms. The van der Waals surface area contributed by atoms with Gasteiger partial charge < -0.3 is 0 Å². The van der Waals surface area contributed by atoms with E-state index >= 15 is 0 Å². The summed E-state index contributed by atoms with van der Waals surface area (Å²) in [5.41, 5.74) is 1.18. The van der Waals surface area contributed by atoms with E-state index < -0.39 is 0 Å². The SMILES string of the molecule is C=C(SC/C=C/c1ccncc1)C1=CCC=C(c2ccc(-c3ccc(C)s3)s2)S1. The first-order chi connectivity index (χ1) is 14.2. The standard InChI is InChI=1S/C24H21NS4/c1-17-8-9-22(27-17)24-11-10-23(29-24)21-7-3-6-20(28-21)18(2)26-16-4-5-19-12-14-25-15-13-19/h4-15H,2-3,16H2,1H3/b5-4+. The molecular weight excluding hydrogens is 431 g/mol. The summed E-state index contributed by atoms with van der Waals surface area (Å²) in [6.45, 7) is 6.48. The van der Waals surface area contributed by atoms with Crippen LogP contribution in [0.15, 0.2) is 83.4 Å². The highest BCUT2D eigenvalue weighted by Gasteiger charge is 2.15. The zero-order valence-corrected chi connectivity index (χ0v) is 19.4. The van der Waals surface area contributed by atoms with Gasteiger partial charge in [0.2, 0.25) is 0 Å². The summed E-state index contributed by atoms with van der Waals surface area (Å²) >= 11 is 7.38. The zero-order valence-electron chi connectivity index (χ0n) is 16.1. The highest BCUT2D eigenvalue weighted by Crippen LogP contribution is 2.46. The van der Waals surface area contributed by atoms with Gasteiger partial charge in [0.1, 0.15) is 0 Å². The van der Waals surface area contributed by atoms with Crippen LogP contribution in [-0.2, 0) is 0 Å². The molecule has 1 aliphatic rings. The summed E-state index contributed by atoms with van der Waals surface area (Å²) in [6, 6.07) is 12.9. The van der Waals surface area contributed by atoms with Crippen molar-refractivity contribution in [1.82, 2.24) is 4.98 Å². The number of rotatable bonds is 7. The second kappa shape index (κ2) is 9.81. The molecule has 4 heterocycles. The number of thioether (sulfide) groups is 2. The molecule has 0 saturated carbocycles. The zero-order chi connectivity index (χ0) is 20.1. The van der Waals surface area contributed by atoms with Gasteiger partial charge >= 0.3 is 0 Å². The third-order valence-corrected chi connectivity index (χ3v) is 9.04. The first-order valence-corrected chi connectivity index (χ1v) is 12.8. The van der Waals surface area contributed by atoms with Crippen molar-refractivity contribution in [3.63, 3.8) is 0 Å². The van der Waals surface area contributed by atoms with Crippen molar-refractivity contribution in [2.45, 2.75) is 13.3 Å². The van der Waals surface area contributed by atoms with Gasteiger partial charge in [-0.15, -0.1) is 34.4 Å². The predicted octanol–water partition coefficient (Wildman–Crippen LogP) is 8.50. The fourth-order valence-corrected chi connectivity index (χ4v) is 6.79. The first kappa shape index (κ1) is 20.5. The van der Waals surface area contributed by atoms with Gasteiger partial charge in [-0.2, -0.15) is 0 Å². The van der Waals surface area contributed by atoms with Crippen LogP contribution in [0.5, 0.6) is 0 Å². The number of thiophene rings is 2. The normalized spacial score (nSPS) is 14.1. The highest BCUT2D eigenvalue weighted by atomic mass is 32.2. The highest BCUT2D eigenvalue weighted by molar-refractivity contribution is 8.14. The average Bonchev–Trinajstić information content (AvgIpc) is 3.41. The van der Waals surface area contributed by atoms with Crippen LogP contribution < -0.4 is 0 Å². The predicted molar refractivity (Wildman–Crippen MR) is 136 cm³/mol. The van der Waals surface area contributed by atoms with Crippen LogP contribution >= 0.6 is 46.2 Å². The largest absolute Gasteiger partial charge is 0.265 e. The van der Waals surface area contributed by atoms with Crippen molar-refractivity contribution in [1.29, 1.82) is 0 Å². The van der Waals surface area contributed by atoms with E-state index in [9.17, 15) is 0 Å². The molecule has 0 aromatic carbocycles. The van der Waals surface area contributed by atoms with E-state index in [0.717, 1.165) is 17.1 Å². The Labute approximate surface area is 189 Å². The minimum atomic E-state index is 0.916. The smallest absolute Gasteiger partial charge is 0.0449 e. The fourth-order valence-electron chi connectivity index (χ4n) is 2.84. The van der Waals surface area contributed by atoms with Crippen molar-refractivity contribution in [2.24, 2.45) is 0 Å². The summed E-state index contributed by atoms with van der Waals surface area (Å²) in [7, 11) is 0. The Kier molecular flexibility index (Phi) is 6.93. The van der Waals surface area contributed by atoms with Gasteiger partial charge in [-0.1, -0.05) is 42.6 Å². The molecule has 3 aromatic heterocycles. The van der Waals surface area contributed by atoms with Crippen molar-refractivity contribution < 1.29 is 0 Å². The van der Waals surface area contributed by atoms with Gasteiger partial charge in [0.25, 0.3) is 0 Å². The molecule has 0 aliphatic carbocycles. The topological polar surface area (TPSA) is 12.9 Å². The molecule has 0 radical (unpaired) electrons. The molecule has 0 N–H and O–H groups in total. The lowest BCUT2D eigenvalue weighted by Crippen LogP contribution is -1.88. The van der Waals surface area contributed by atoms with Gasteiger partial charge in [0.15, 0.2) is 0 Å². The summed E-state index contributed by atoms with van der Waals surface area (Å²) in [4.78, 5) is 13.2. The average molecular weight is 452 g/mol. The van der Waals surface area contributed by atoms with Gasteiger partial charge in [-0.25, -0.2) is 0 Å². The lowest BCUT2D eigenvalue weighted by atomic mass is 10.2. The molecular formula is C24H21NS4. The Morgan fingerprint density at radius 3 is 2.59 bits per heavy atom. The van der Waals surface area contributed by atoms with E-state index in [2.05, 4.69) is 67.1 Å². The van der Waals surface area contributed by atoms with Gasteiger partial charge in [0, 0.05) is 52.4 Å². The molecule has 0 amide bonds. The Morgan fingerprint density at radius 1 is 1.03 bits per heavy atom. The molecule has 1 aliphatic heterocycles. The van der Waals surface area contributed by atoms with Gasteiger partial charge in [0.05, 0.1) is 0 Å². The molecule has 5 heteroatoms. The number of pyridine rings is 1. The van der Waals surface area contributed by atoms with E-state index in [1.165, 1.54) is 34.9 Å². The minimum absolute atomic E-state index is 0.916. The number of hydrogen-bond acceptors (Lipinski definition) is 5. The maximum Gasteiger partial charge on any atom is 0.0449 e. The van der Waals surface area contributed by atoms with Crippen molar-refractivity contribution in [3.8, 4) is 9.75 Å². The van der Waals surface area contributed by atoms with Crippen LogP contribution in [0.2, 0.25) is 0 Å². The summed E-state index contributed by atoms with van der Waals surface area (Å²) < 4.78 is 0. The molecule has 0 fully saturated rings. The third-order valence-electron chi connectivity index (χ3n) is 4.30. The molecule has 29 heavy (non-hydrogen) atoms. The molecule has 0 saturated heterocycles. The minimum Gasteiger partial charge on any atom is -0.265 e. The Morgan fingerprint density at radius 2 is 1.79 bits per heavy atom. The maximum absolute atomic E-state index is 4.31. The van der Waals surface area contributed by atoms with E-state index in [1.54, 1.807) is 11.8 Å². The number of allylic oxidation sites excluding steroid dienone is 2. The molecule has 146 valence electrons. The van der Waals surface area contributed by atoms with E-state index in [-0.39, 0.29) is 0 Å². The summed E-state index contributed by atoms with van der Waals surface area (Å²) in [5, 5.41) is 0. The maximum atomic E-state index is 4.31. The van der Waals surface area contributed by atoms with Crippen LogP contribution in [0.1, 0.15) is 21.7 Å². The lowest BCUT2D eigenvalue weighted by molar-refractivity contribution is 1.32. The van der Waals surface area contributed by atoms with Crippen LogP contribution in [-0.4, -0.2) is 10.7 Å². The summed E-state index contributed by atoms with van der Waals surface area (Å²) in [5.74, 6) is 0.916. The number of hydrogen-bond donors (Lipinski definition) is 0. The fraction of sp³-hybridized carbons (Fsp3) is 0.125. The third kappa shape index (κ3) is 5.43. The quantitative estimate of drug-likeness (QED) is 0.357. The van der Waals surface area contributed by atoms with Crippen molar-refractivity contribution >= 4 is 57.2 Å². The molecule has 1 nitrogen and oxygen atoms in total. The second-order valence-electron chi connectivity index (χ2n) is 6.47. The molecule has 3 aromatic rings. The van der Waals surface area contributed by atoms with E-state index in [1.807, 2.05) is 59.0 Å². The van der Waals surface area contributed by atoms with Gasteiger partial charge in [-0.3, -0.25) is 4.98 Å². The Bertz CT molecular complexity index is 1080. The Hall–Kier alpha value is -1.79. The number of aromatic nitrogens is 1. The van der Waals surface area contributed by atoms with Gasteiger partial charge in [-0.05, 0) is 55.3 Å². The number of aryl methyl sites for hydroxylation is 1. The van der Waals surface area contributed by atoms with Crippen LogP contribution in [0.25, 0.3) is 20.7 Å².